The van der Waals surface area contributed by atoms with E-state index in [4.69, 9.17) is 5.11 Å². The lowest BCUT2D eigenvalue weighted by Crippen LogP contribution is -2.08. The van der Waals surface area contributed by atoms with E-state index in [-0.39, 0.29) is 6.61 Å². The fraction of sp³-hybridized carbons (Fsp3) is 0.375. The van der Waals surface area contributed by atoms with Gasteiger partial charge in [0.25, 0.3) is 0 Å². The van der Waals surface area contributed by atoms with E-state index >= 15 is 0 Å². The number of hydrogen-bond donors (Lipinski definition) is 1. The highest BCUT2D eigenvalue weighted by atomic mass is 16.3. The van der Waals surface area contributed by atoms with Crippen LogP contribution >= 0.6 is 0 Å². The Morgan fingerprint density at radius 3 is 2.79 bits per heavy atom. The summed E-state index contributed by atoms with van der Waals surface area (Å²) >= 11 is 0. The van der Waals surface area contributed by atoms with Crippen LogP contribution in [0, 0.1) is 0 Å². The molecule has 0 unspecified atom stereocenters. The van der Waals surface area contributed by atoms with Gasteiger partial charge in [-0.25, -0.2) is 0 Å². The van der Waals surface area contributed by atoms with E-state index in [9.17, 15) is 0 Å². The lowest BCUT2D eigenvalue weighted by molar-refractivity contribution is 0.276. The Kier molecular flexibility index (Phi) is 2.55. The smallest absolute Gasteiger partial charge is 0.108 e. The molecule has 0 aliphatic rings. The second-order valence-electron chi connectivity index (χ2n) is 2.90. The van der Waals surface area contributed by atoms with Gasteiger partial charge in [-0.15, -0.1) is 5.10 Å². The summed E-state index contributed by atoms with van der Waals surface area (Å²) in [4.78, 5) is 0. The molecular formula is C8H11N5O. The standard InChI is InChI=1S/C8H11N5O/c14-7-8-6-13(11-10-8)5-4-12-3-1-2-9-12/h1-3,6,14H,4-5,7H2. The minimum atomic E-state index is -0.0677. The predicted octanol–water partition coefficient (Wildman–Crippen LogP) is -0.333. The van der Waals surface area contributed by atoms with Crippen LogP contribution in [0.3, 0.4) is 0 Å². The highest BCUT2D eigenvalue weighted by Gasteiger charge is 1.98. The van der Waals surface area contributed by atoms with Crippen molar-refractivity contribution in [3.63, 3.8) is 0 Å². The number of aliphatic hydroxyl groups excluding tert-OH is 1. The molecule has 2 rings (SSSR count). The molecule has 0 radical (unpaired) electrons. The van der Waals surface area contributed by atoms with Gasteiger partial charge in [-0.1, -0.05) is 5.21 Å². The van der Waals surface area contributed by atoms with Crippen LogP contribution in [0.25, 0.3) is 0 Å². The van der Waals surface area contributed by atoms with Crippen LogP contribution < -0.4 is 0 Å². The van der Waals surface area contributed by atoms with Gasteiger partial charge in [-0.3, -0.25) is 9.36 Å². The molecule has 0 amide bonds. The monoisotopic (exact) mass is 193 g/mol. The van der Waals surface area contributed by atoms with Crippen molar-refractivity contribution in [1.82, 2.24) is 24.8 Å². The van der Waals surface area contributed by atoms with Gasteiger partial charge in [0, 0.05) is 12.4 Å². The quantitative estimate of drug-likeness (QED) is 0.721. The topological polar surface area (TPSA) is 68.8 Å². The van der Waals surface area contributed by atoms with Crippen LogP contribution in [0.15, 0.2) is 24.7 Å². The largest absolute Gasteiger partial charge is 0.390 e. The van der Waals surface area contributed by atoms with Crippen LogP contribution in [0.5, 0.6) is 0 Å². The molecule has 2 heterocycles. The molecule has 1 N–H and O–H groups in total. The molecule has 0 bridgehead atoms. The summed E-state index contributed by atoms with van der Waals surface area (Å²) in [5.41, 5.74) is 0.588. The molecule has 2 aromatic heterocycles. The summed E-state index contributed by atoms with van der Waals surface area (Å²) in [5.74, 6) is 0. The van der Waals surface area contributed by atoms with Crippen LogP contribution in [0.2, 0.25) is 0 Å². The van der Waals surface area contributed by atoms with Gasteiger partial charge in [-0.2, -0.15) is 5.10 Å². The average molecular weight is 193 g/mol. The predicted molar refractivity (Wildman–Crippen MR) is 48.2 cm³/mol. The third-order valence-corrected chi connectivity index (χ3v) is 1.87. The van der Waals surface area contributed by atoms with E-state index in [0.29, 0.717) is 12.2 Å². The first-order valence-electron chi connectivity index (χ1n) is 4.36. The maximum Gasteiger partial charge on any atom is 0.108 e. The van der Waals surface area contributed by atoms with Crippen LogP contribution in [-0.4, -0.2) is 29.9 Å². The normalized spacial score (nSPS) is 10.6. The van der Waals surface area contributed by atoms with Crippen molar-refractivity contribution in [2.75, 3.05) is 0 Å². The van der Waals surface area contributed by atoms with Gasteiger partial charge in [0.05, 0.1) is 25.9 Å². The van der Waals surface area contributed by atoms with E-state index < -0.39 is 0 Å². The Bertz CT molecular complexity index is 380. The third kappa shape index (κ3) is 1.97. The summed E-state index contributed by atoms with van der Waals surface area (Å²) in [7, 11) is 0. The molecule has 0 aliphatic heterocycles. The lowest BCUT2D eigenvalue weighted by atomic mass is 10.5. The zero-order valence-corrected chi connectivity index (χ0v) is 7.61. The molecule has 6 heteroatoms. The molecular weight excluding hydrogens is 182 g/mol. The zero-order valence-electron chi connectivity index (χ0n) is 7.61. The van der Waals surface area contributed by atoms with Crippen molar-refractivity contribution in [2.45, 2.75) is 19.7 Å². The second-order valence-corrected chi connectivity index (χ2v) is 2.90. The fourth-order valence-electron chi connectivity index (χ4n) is 1.16. The Labute approximate surface area is 80.8 Å². The van der Waals surface area contributed by atoms with E-state index in [1.165, 1.54) is 0 Å². The maximum atomic E-state index is 8.77. The summed E-state index contributed by atoms with van der Waals surface area (Å²) in [6, 6.07) is 1.88. The molecule has 0 fully saturated rings. The van der Waals surface area contributed by atoms with Crippen molar-refractivity contribution in [3.8, 4) is 0 Å². The first-order chi connectivity index (χ1) is 6.88. The molecule has 14 heavy (non-hydrogen) atoms. The molecule has 74 valence electrons. The summed E-state index contributed by atoms with van der Waals surface area (Å²) in [5, 5.41) is 20.5. The van der Waals surface area contributed by atoms with Crippen molar-refractivity contribution < 1.29 is 5.11 Å². The molecule has 0 saturated heterocycles. The summed E-state index contributed by atoms with van der Waals surface area (Å²) < 4.78 is 3.51. The number of hydrogen-bond acceptors (Lipinski definition) is 4. The van der Waals surface area contributed by atoms with E-state index in [1.54, 1.807) is 17.1 Å². The van der Waals surface area contributed by atoms with Gasteiger partial charge in [0.2, 0.25) is 0 Å². The number of aromatic nitrogens is 5. The number of rotatable bonds is 4. The van der Waals surface area contributed by atoms with Gasteiger partial charge >= 0.3 is 0 Å². The van der Waals surface area contributed by atoms with E-state index in [0.717, 1.165) is 6.54 Å². The van der Waals surface area contributed by atoms with Crippen molar-refractivity contribution in [3.05, 3.63) is 30.4 Å². The van der Waals surface area contributed by atoms with Crippen LogP contribution in [-0.2, 0) is 19.7 Å². The Hall–Kier alpha value is -1.69. The number of aryl methyl sites for hydroxylation is 2. The minimum absolute atomic E-state index is 0.0677. The number of nitrogens with zero attached hydrogens (tertiary/aromatic N) is 5. The molecule has 0 saturated carbocycles. The maximum absolute atomic E-state index is 8.77. The lowest BCUT2D eigenvalue weighted by Gasteiger charge is -1.99. The Morgan fingerprint density at radius 1 is 1.29 bits per heavy atom. The summed E-state index contributed by atoms with van der Waals surface area (Å²) in [6.07, 6.45) is 5.36. The van der Waals surface area contributed by atoms with Crippen molar-refractivity contribution in [1.29, 1.82) is 0 Å². The van der Waals surface area contributed by atoms with Crippen molar-refractivity contribution >= 4 is 0 Å². The molecule has 2 aromatic rings. The molecule has 0 atom stereocenters. The SMILES string of the molecule is OCc1cn(CCn2cccn2)nn1. The highest BCUT2D eigenvalue weighted by molar-refractivity contribution is 4.88. The van der Waals surface area contributed by atoms with Crippen molar-refractivity contribution in [2.24, 2.45) is 0 Å². The third-order valence-electron chi connectivity index (χ3n) is 1.87. The molecule has 0 spiro atoms. The Morgan fingerprint density at radius 2 is 2.14 bits per heavy atom. The van der Waals surface area contributed by atoms with Crippen LogP contribution in [0.4, 0.5) is 0 Å². The molecule has 0 aromatic carbocycles. The Balaban J connectivity index is 1.92. The van der Waals surface area contributed by atoms with Crippen LogP contribution in [0.1, 0.15) is 5.69 Å². The summed E-state index contributed by atoms with van der Waals surface area (Å²) in [6.45, 7) is 1.39. The fourth-order valence-corrected chi connectivity index (χ4v) is 1.16. The second kappa shape index (κ2) is 4.01. The number of aliphatic hydroxyl groups is 1. The van der Waals surface area contributed by atoms with Gasteiger partial charge in [0.15, 0.2) is 0 Å². The average Bonchev–Trinajstić information content (AvgIpc) is 2.86. The van der Waals surface area contributed by atoms with Gasteiger partial charge < -0.3 is 5.11 Å². The first kappa shape index (κ1) is 8.89. The zero-order chi connectivity index (χ0) is 9.80. The van der Waals surface area contributed by atoms with E-state index in [1.807, 2.05) is 16.9 Å². The minimum Gasteiger partial charge on any atom is -0.390 e. The molecule has 6 nitrogen and oxygen atoms in total. The van der Waals surface area contributed by atoms with Gasteiger partial charge in [0.1, 0.15) is 5.69 Å². The highest BCUT2D eigenvalue weighted by Crippen LogP contribution is 1.93. The molecule has 0 aliphatic carbocycles. The first-order valence-corrected chi connectivity index (χ1v) is 4.36. The van der Waals surface area contributed by atoms with Gasteiger partial charge in [-0.05, 0) is 6.07 Å². The van der Waals surface area contributed by atoms with E-state index in [2.05, 4.69) is 15.4 Å².